The van der Waals surface area contributed by atoms with E-state index in [1.807, 2.05) is 37.3 Å². The van der Waals surface area contributed by atoms with E-state index in [9.17, 15) is 0 Å². The third-order valence-corrected chi connectivity index (χ3v) is 2.14. The summed E-state index contributed by atoms with van der Waals surface area (Å²) in [6, 6.07) is 5.97. The fraction of sp³-hybridized carbons (Fsp3) is 0.182. The second-order valence-corrected chi connectivity index (χ2v) is 3.13. The topological polar surface area (TPSA) is 52.0 Å². The first-order valence-electron chi connectivity index (χ1n) is 4.54. The van der Waals surface area contributed by atoms with E-state index in [0.717, 1.165) is 22.2 Å². The average molecular weight is 188 g/mol. The van der Waals surface area contributed by atoms with E-state index in [1.54, 1.807) is 0 Å². The molecule has 14 heavy (non-hydrogen) atoms. The number of benzene rings is 1. The number of hydrogen-bond donors (Lipinski definition) is 1. The molecule has 1 aromatic carbocycles. The summed E-state index contributed by atoms with van der Waals surface area (Å²) in [5.74, 6) is 0. The molecule has 1 aromatic heterocycles. The van der Waals surface area contributed by atoms with Gasteiger partial charge in [-0.25, -0.2) is 0 Å². The highest BCUT2D eigenvalue weighted by molar-refractivity contribution is 5.87. The molecule has 2 aromatic rings. The van der Waals surface area contributed by atoms with Crippen molar-refractivity contribution in [3.8, 4) is 0 Å². The Morgan fingerprint density at radius 2 is 2.36 bits per heavy atom. The first-order valence-corrected chi connectivity index (χ1v) is 4.54. The molecule has 0 unspecified atom stereocenters. The van der Waals surface area contributed by atoms with Crippen LogP contribution < -0.4 is 5.73 Å². The molecular weight excluding hydrogens is 176 g/mol. The van der Waals surface area contributed by atoms with E-state index >= 15 is 0 Å². The van der Waals surface area contributed by atoms with Gasteiger partial charge in [0.1, 0.15) is 0 Å². The fourth-order valence-corrected chi connectivity index (χ4v) is 1.43. The third-order valence-electron chi connectivity index (χ3n) is 2.14. The van der Waals surface area contributed by atoms with Crippen LogP contribution in [0, 0.1) is 6.92 Å². The molecule has 1 heterocycles. The van der Waals surface area contributed by atoms with Gasteiger partial charge in [0.25, 0.3) is 0 Å². The van der Waals surface area contributed by atoms with Crippen LogP contribution in [0.25, 0.3) is 17.0 Å². The molecule has 0 aliphatic carbocycles. The van der Waals surface area contributed by atoms with Crippen molar-refractivity contribution < 1.29 is 4.52 Å². The Morgan fingerprint density at radius 3 is 3.14 bits per heavy atom. The summed E-state index contributed by atoms with van der Waals surface area (Å²) >= 11 is 0. The summed E-state index contributed by atoms with van der Waals surface area (Å²) in [5, 5.41) is 4.98. The maximum atomic E-state index is 5.39. The molecule has 72 valence electrons. The Kier molecular flexibility index (Phi) is 2.33. The molecule has 3 nitrogen and oxygen atoms in total. The van der Waals surface area contributed by atoms with E-state index < -0.39 is 0 Å². The summed E-state index contributed by atoms with van der Waals surface area (Å²) in [6.45, 7) is 2.46. The van der Waals surface area contributed by atoms with Crippen molar-refractivity contribution in [2.45, 2.75) is 6.92 Å². The Bertz CT molecular complexity index is 471. The standard InChI is InChI=1S/C11H12N2O/c1-8-10-6-2-4-9(5-3-7-12)11(10)14-13-8/h2-6H,7,12H2,1H3/b5-3+. The summed E-state index contributed by atoms with van der Waals surface area (Å²) in [7, 11) is 0. The fourth-order valence-electron chi connectivity index (χ4n) is 1.43. The van der Waals surface area contributed by atoms with E-state index in [1.165, 1.54) is 0 Å². The largest absolute Gasteiger partial charge is 0.355 e. The zero-order valence-electron chi connectivity index (χ0n) is 8.03. The quantitative estimate of drug-likeness (QED) is 0.785. The molecule has 0 atom stereocenters. The molecule has 0 spiro atoms. The molecule has 0 aliphatic rings. The van der Waals surface area contributed by atoms with Crippen molar-refractivity contribution in [3.05, 3.63) is 35.5 Å². The SMILES string of the molecule is Cc1noc2c(/C=C/CN)cccc12. The molecule has 0 amide bonds. The lowest BCUT2D eigenvalue weighted by Gasteiger charge is -1.93. The van der Waals surface area contributed by atoms with Gasteiger partial charge in [-0.1, -0.05) is 29.4 Å². The van der Waals surface area contributed by atoms with Crippen molar-refractivity contribution in [1.82, 2.24) is 5.16 Å². The summed E-state index contributed by atoms with van der Waals surface area (Å²) in [6.07, 6.45) is 3.85. The molecule has 0 fully saturated rings. The molecule has 3 heteroatoms. The van der Waals surface area contributed by atoms with Crippen LogP contribution in [-0.2, 0) is 0 Å². The molecule has 0 radical (unpaired) electrons. The number of aromatic nitrogens is 1. The van der Waals surface area contributed by atoms with Crippen molar-refractivity contribution in [2.24, 2.45) is 5.73 Å². The number of fused-ring (bicyclic) bond motifs is 1. The predicted molar refractivity (Wildman–Crippen MR) is 56.8 cm³/mol. The average Bonchev–Trinajstić information content (AvgIpc) is 2.58. The van der Waals surface area contributed by atoms with Crippen LogP contribution >= 0.6 is 0 Å². The Labute approximate surface area is 82.2 Å². The molecule has 0 bridgehead atoms. The Morgan fingerprint density at radius 1 is 1.50 bits per heavy atom. The minimum Gasteiger partial charge on any atom is -0.355 e. The zero-order chi connectivity index (χ0) is 9.97. The van der Waals surface area contributed by atoms with Crippen LogP contribution in [0.4, 0.5) is 0 Å². The monoisotopic (exact) mass is 188 g/mol. The lowest BCUT2D eigenvalue weighted by Crippen LogP contribution is -1.91. The van der Waals surface area contributed by atoms with Crippen LogP contribution in [0.15, 0.2) is 28.8 Å². The molecule has 0 saturated carbocycles. The van der Waals surface area contributed by atoms with E-state index in [2.05, 4.69) is 5.16 Å². The Hall–Kier alpha value is -1.61. The van der Waals surface area contributed by atoms with Gasteiger partial charge in [-0.3, -0.25) is 0 Å². The molecule has 0 saturated heterocycles. The second kappa shape index (κ2) is 3.64. The van der Waals surface area contributed by atoms with E-state index in [0.29, 0.717) is 6.54 Å². The van der Waals surface area contributed by atoms with E-state index in [-0.39, 0.29) is 0 Å². The van der Waals surface area contributed by atoms with Gasteiger partial charge in [-0.05, 0) is 13.0 Å². The van der Waals surface area contributed by atoms with Crippen molar-refractivity contribution >= 4 is 17.0 Å². The molecule has 0 aliphatic heterocycles. The molecule has 2 N–H and O–H groups in total. The maximum Gasteiger partial charge on any atom is 0.174 e. The van der Waals surface area contributed by atoms with Crippen molar-refractivity contribution in [2.75, 3.05) is 6.54 Å². The van der Waals surface area contributed by atoms with Crippen LogP contribution in [0.3, 0.4) is 0 Å². The van der Waals surface area contributed by atoms with Crippen LogP contribution in [0.2, 0.25) is 0 Å². The highest BCUT2D eigenvalue weighted by atomic mass is 16.5. The highest BCUT2D eigenvalue weighted by Gasteiger charge is 2.05. The maximum absolute atomic E-state index is 5.39. The van der Waals surface area contributed by atoms with Gasteiger partial charge in [0, 0.05) is 17.5 Å². The van der Waals surface area contributed by atoms with Gasteiger partial charge < -0.3 is 10.3 Å². The normalized spacial score (nSPS) is 11.6. The third kappa shape index (κ3) is 1.42. The summed E-state index contributed by atoms with van der Waals surface area (Å²) < 4.78 is 5.23. The van der Waals surface area contributed by atoms with Gasteiger partial charge >= 0.3 is 0 Å². The zero-order valence-corrected chi connectivity index (χ0v) is 8.03. The number of nitrogens with zero attached hydrogens (tertiary/aromatic N) is 1. The Balaban J connectivity index is 2.60. The van der Waals surface area contributed by atoms with Gasteiger partial charge in [0.05, 0.1) is 5.69 Å². The van der Waals surface area contributed by atoms with Crippen LogP contribution in [-0.4, -0.2) is 11.7 Å². The van der Waals surface area contributed by atoms with Gasteiger partial charge in [0.2, 0.25) is 0 Å². The van der Waals surface area contributed by atoms with Crippen molar-refractivity contribution in [1.29, 1.82) is 0 Å². The van der Waals surface area contributed by atoms with E-state index in [4.69, 9.17) is 10.3 Å². The summed E-state index contributed by atoms with van der Waals surface area (Å²) in [4.78, 5) is 0. The van der Waals surface area contributed by atoms with Crippen molar-refractivity contribution in [3.63, 3.8) is 0 Å². The number of rotatable bonds is 2. The van der Waals surface area contributed by atoms with Gasteiger partial charge in [0.15, 0.2) is 5.58 Å². The second-order valence-electron chi connectivity index (χ2n) is 3.13. The molecule has 2 rings (SSSR count). The van der Waals surface area contributed by atoms with Crippen LogP contribution in [0.1, 0.15) is 11.3 Å². The minimum absolute atomic E-state index is 0.531. The lowest BCUT2D eigenvalue weighted by atomic mass is 10.1. The number of hydrogen-bond acceptors (Lipinski definition) is 3. The lowest BCUT2D eigenvalue weighted by molar-refractivity contribution is 0.450. The first kappa shape index (κ1) is 8.97. The van der Waals surface area contributed by atoms with Gasteiger partial charge in [-0.15, -0.1) is 0 Å². The number of aryl methyl sites for hydroxylation is 1. The minimum atomic E-state index is 0.531. The highest BCUT2D eigenvalue weighted by Crippen LogP contribution is 2.22. The first-order chi connectivity index (χ1) is 6.83. The predicted octanol–water partition coefficient (Wildman–Crippen LogP) is 2.11. The smallest absolute Gasteiger partial charge is 0.174 e. The molecular formula is C11H12N2O. The summed E-state index contributed by atoms with van der Waals surface area (Å²) in [5.41, 5.74) is 8.16. The van der Waals surface area contributed by atoms with Crippen LogP contribution in [0.5, 0.6) is 0 Å². The van der Waals surface area contributed by atoms with Gasteiger partial charge in [-0.2, -0.15) is 0 Å². The number of nitrogens with two attached hydrogens (primary N) is 1. The number of para-hydroxylation sites is 1.